The molecule has 0 atom stereocenters. The quantitative estimate of drug-likeness (QED) is 0.447. The van der Waals surface area contributed by atoms with Gasteiger partial charge in [-0.25, -0.2) is 14.6 Å². The summed E-state index contributed by atoms with van der Waals surface area (Å²) in [5.41, 5.74) is -0.442. The molecular formula is C6H5F2N3O3. The second kappa shape index (κ2) is 3.83. The van der Waals surface area contributed by atoms with Crippen LogP contribution >= 0.6 is 0 Å². The van der Waals surface area contributed by atoms with E-state index in [0.717, 1.165) is 12.1 Å². The minimum Gasteiger partial charge on any atom is -0.223 e. The molecule has 0 saturated heterocycles. The Hall–Kier alpha value is -1.96. The Morgan fingerprint density at radius 2 is 2.14 bits per heavy atom. The molecule has 0 aliphatic rings. The summed E-state index contributed by atoms with van der Waals surface area (Å²) >= 11 is 0. The van der Waals surface area contributed by atoms with Crippen molar-refractivity contribution in [2.45, 2.75) is 0 Å². The van der Waals surface area contributed by atoms with Gasteiger partial charge in [-0.1, -0.05) is 0 Å². The fourth-order valence-corrected chi connectivity index (χ4v) is 0.776. The second-order valence-corrected chi connectivity index (χ2v) is 2.23. The molecule has 0 bridgehead atoms. The molecule has 1 aromatic carbocycles. The summed E-state index contributed by atoms with van der Waals surface area (Å²) in [6.07, 6.45) is 0. The third-order valence-electron chi connectivity index (χ3n) is 1.30. The van der Waals surface area contributed by atoms with Gasteiger partial charge in [-0.3, -0.25) is 0 Å². The minimum absolute atomic E-state index is 0.0920. The van der Waals surface area contributed by atoms with Crippen molar-refractivity contribution in [3.63, 3.8) is 0 Å². The third kappa shape index (κ3) is 2.26. The van der Waals surface area contributed by atoms with Gasteiger partial charge >= 0.3 is 5.09 Å². The van der Waals surface area contributed by atoms with Crippen molar-refractivity contribution in [3.8, 4) is 0 Å². The Morgan fingerprint density at radius 3 is 2.64 bits per heavy atom. The van der Waals surface area contributed by atoms with Gasteiger partial charge in [0.25, 0.3) is 0 Å². The molecule has 8 heteroatoms. The van der Waals surface area contributed by atoms with Crippen molar-refractivity contribution < 1.29 is 18.8 Å². The van der Waals surface area contributed by atoms with E-state index >= 15 is 0 Å². The number of hydrazine groups is 1. The van der Waals surface area contributed by atoms with E-state index in [9.17, 15) is 18.9 Å². The first-order valence-electron chi connectivity index (χ1n) is 3.33. The molecule has 0 radical (unpaired) electrons. The van der Waals surface area contributed by atoms with Crippen molar-refractivity contribution in [2.24, 2.45) is 5.84 Å². The Morgan fingerprint density at radius 1 is 1.50 bits per heavy atom. The Kier molecular flexibility index (Phi) is 2.77. The van der Waals surface area contributed by atoms with E-state index in [2.05, 4.69) is 4.94 Å². The molecule has 0 amide bonds. The number of hydrogen-bond acceptors (Lipinski definition) is 5. The predicted molar refractivity (Wildman–Crippen MR) is 41.1 cm³/mol. The van der Waals surface area contributed by atoms with E-state index in [-0.39, 0.29) is 5.17 Å². The molecule has 0 saturated carbocycles. The van der Waals surface area contributed by atoms with E-state index in [1.807, 2.05) is 0 Å². The van der Waals surface area contributed by atoms with Gasteiger partial charge in [0.05, 0.1) is 0 Å². The average molecular weight is 205 g/mol. The lowest BCUT2D eigenvalue weighted by Crippen LogP contribution is -2.34. The highest BCUT2D eigenvalue weighted by atomic mass is 19.1. The van der Waals surface area contributed by atoms with Crippen LogP contribution in [-0.4, -0.2) is 5.09 Å². The molecule has 14 heavy (non-hydrogen) atoms. The molecule has 1 rings (SSSR count). The maximum Gasteiger partial charge on any atom is 0.318 e. The number of benzene rings is 1. The van der Waals surface area contributed by atoms with Crippen LogP contribution in [0.5, 0.6) is 0 Å². The van der Waals surface area contributed by atoms with Crippen molar-refractivity contribution in [1.82, 2.24) is 0 Å². The lowest BCUT2D eigenvalue weighted by atomic mass is 10.3. The molecule has 2 N–H and O–H groups in total. The summed E-state index contributed by atoms with van der Waals surface area (Å²) in [6, 6.07) is 2.33. The van der Waals surface area contributed by atoms with E-state index < -0.39 is 22.4 Å². The highest BCUT2D eigenvalue weighted by molar-refractivity contribution is 5.43. The molecule has 76 valence electrons. The first-order valence-corrected chi connectivity index (χ1v) is 3.33. The topological polar surface area (TPSA) is 81.6 Å². The number of nitrogens with zero attached hydrogens (tertiary/aromatic N) is 2. The largest absolute Gasteiger partial charge is 0.318 e. The van der Waals surface area contributed by atoms with Gasteiger partial charge in [0.2, 0.25) is 0 Å². The van der Waals surface area contributed by atoms with Gasteiger partial charge in [-0.05, 0) is 12.1 Å². The standard InChI is InChI=1S/C6H5F2N3O3/c7-4-1-2-6(5(8)3-4)10(9)14-11(12)13/h1-3H,9H2. The fourth-order valence-electron chi connectivity index (χ4n) is 0.776. The highest BCUT2D eigenvalue weighted by Crippen LogP contribution is 2.17. The number of hydrogen-bond donors (Lipinski definition) is 1. The van der Waals surface area contributed by atoms with Gasteiger partial charge in [0.1, 0.15) is 11.5 Å². The molecule has 1 aromatic rings. The number of nitrogens with two attached hydrogens (primary N) is 1. The average Bonchev–Trinajstić information content (AvgIpc) is 2.01. The van der Waals surface area contributed by atoms with Gasteiger partial charge in [-0.2, -0.15) is 4.94 Å². The zero-order valence-electron chi connectivity index (χ0n) is 6.68. The smallest absolute Gasteiger partial charge is 0.223 e. The summed E-state index contributed by atoms with van der Waals surface area (Å²) in [5.74, 6) is 3.07. The third-order valence-corrected chi connectivity index (χ3v) is 1.30. The van der Waals surface area contributed by atoms with Crippen LogP contribution in [0, 0.1) is 21.7 Å². The van der Waals surface area contributed by atoms with Crippen molar-refractivity contribution in [2.75, 3.05) is 5.17 Å². The van der Waals surface area contributed by atoms with Crippen LogP contribution in [0.25, 0.3) is 0 Å². The second-order valence-electron chi connectivity index (χ2n) is 2.23. The Bertz CT molecular complexity index is 360. The molecule has 0 aromatic heterocycles. The highest BCUT2D eigenvalue weighted by Gasteiger charge is 2.12. The maximum atomic E-state index is 12.9. The van der Waals surface area contributed by atoms with Gasteiger partial charge < -0.3 is 0 Å². The molecule has 0 heterocycles. The van der Waals surface area contributed by atoms with E-state index in [1.54, 1.807) is 0 Å². The summed E-state index contributed by atoms with van der Waals surface area (Å²) in [6.45, 7) is 0. The Balaban J connectivity index is 2.90. The van der Waals surface area contributed by atoms with Crippen LogP contribution in [-0.2, 0) is 4.94 Å². The summed E-state index contributed by atoms with van der Waals surface area (Å²) < 4.78 is 25.3. The van der Waals surface area contributed by atoms with Crippen LogP contribution in [0.1, 0.15) is 0 Å². The molecular weight excluding hydrogens is 200 g/mol. The van der Waals surface area contributed by atoms with E-state index in [0.29, 0.717) is 6.07 Å². The van der Waals surface area contributed by atoms with Gasteiger partial charge in [0.15, 0.2) is 5.82 Å². The summed E-state index contributed by atoms with van der Waals surface area (Å²) in [5, 5.41) is 8.70. The summed E-state index contributed by atoms with van der Waals surface area (Å²) in [7, 11) is 0. The number of rotatable bonds is 3. The zero-order chi connectivity index (χ0) is 10.7. The van der Waals surface area contributed by atoms with Gasteiger partial charge in [0, 0.05) is 6.07 Å². The van der Waals surface area contributed by atoms with Gasteiger partial charge in [-0.15, -0.1) is 15.3 Å². The number of anilines is 1. The first-order chi connectivity index (χ1) is 6.50. The van der Waals surface area contributed by atoms with Crippen LogP contribution in [0.15, 0.2) is 18.2 Å². The lowest BCUT2D eigenvalue weighted by Gasteiger charge is -2.14. The first kappa shape index (κ1) is 10.1. The molecule has 0 aliphatic heterocycles. The van der Waals surface area contributed by atoms with Crippen LogP contribution in [0.3, 0.4) is 0 Å². The van der Waals surface area contributed by atoms with Crippen LogP contribution in [0.4, 0.5) is 14.5 Å². The van der Waals surface area contributed by atoms with Crippen LogP contribution in [0.2, 0.25) is 0 Å². The SMILES string of the molecule is NN(O[N+](=O)[O-])c1ccc(F)cc1F. The predicted octanol–water partition coefficient (Wildman–Crippen LogP) is 0.768. The Labute approximate surface area is 76.5 Å². The van der Waals surface area contributed by atoms with Crippen molar-refractivity contribution in [1.29, 1.82) is 0 Å². The number of halogens is 2. The summed E-state index contributed by atoms with van der Waals surface area (Å²) in [4.78, 5) is 13.6. The maximum absolute atomic E-state index is 12.9. The fraction of sp³-hybridized carbons (Fsp3) is 0. The molecule has 0 unspecified atom stereocenters. The van der Waals surface area contributed by atoms with Crippen molar-refractivity contribution in [3.05, 3.63) is 39.9 Å². The molecule has 0 aliphatic carbocycles. The lowest BCUT2D eigenvalue weighted by molar-refractivity contribution is -0.762. The molecule has 0 spiro atoms. The van der Waals surface area contributed by atoms with Crippen LogP contribution < -0.4 is 11.0 Å². The van der Waals surface area contributed by atoms with E-state index in [4.69, 9.17) is 5.84 Å². The molecule has 0 fully saturated rings. The van der Waals surface area contributed by atoms with E-state index in [1.165, 1.54) is 0 Å². The normalized spacial score (nSPS) is 9.64. The monoisotopic (exact) mass is 205 g/mol. The minimum atomic E-state index is -1.22. The van der Waals surface area contributed by atoms with Crippen molar-refractivity contribution >= 4 is 5.69 Å². The molecule has 6 nitrogen and oxygen atoms in total. The zero-order valence-corrected chi connectivity index (χ0v) is 6.68.